The largest absolute Gasteiger partial charge is 0.392 e. The third-order valence-corrected chi connectivity index (χ3v) is 6.07. The molecule has 0 unspecified atom stereocenters. The van der Waals surface area contributed by atoms with Crippen LogP contribution in [0.3, 0.4) is 0 Å². The van der Waals surface area contributed by atoms with Gasteiger partial charge in [-0.25, -0.2) is 0 Å². The average molecular weight is 414 g/mol. The lowest BCUT2D eigenvalue weighted by Crippen LogP contribution is -2.57. The predicted molar refractivity (Wildman–Crippen MR) is 114 cm³/mol. The van der Waals surface area contributed by atoms with Crippen molar-refractivity contribution in [3.05, 3.63) is 46.2 Å². The highest BCUT2D eigenvalue weighted by Crippen LogP contribution is 2.36. The van der Waals surface area contributed by atoms with Gasteiger partial charge in [-0.2, -0.15) is 0 Å². The van der Waals surface area contributed by atoms with Crippen molar-refractivity contribution >= 4 is 35.7 Å². The molecular weight excluding hydrogens is 385 g/mol. The first-order chi connectivity index (χ1) is 12.1. The van der Waals surface area contributed by atoms with Gasteiger partial charge >= 0.3 is 0 Å². The van der Waals surface area contributed by atoms with Gasteiger partial charge in [-0.1, -0.05) is 18.2 Å². The minimum Gasteiger partial charge on any atom is -0.392 e. The van der Waals surface area contributed by atoms with Crippen molar-refractivity contribution in [1.29, 1.82) is 0 Å². The molecule has 3 heterocycles. The smallest absolute Gasteiger partial charge is 0.255 e. The molecule has 0 aliphatic carbocycles. The van der Waals surface area contributed by atoms with Crippen molar-refractivity contribution in [2.45, 2.75) is 31.9 Å². The van der Waals surface area contributed by atoms with Crippen LogP contribution >= 0.6 is 24.8 Å². The summed E-state index contributed by atoms with van der Waals surface area (Å²) in [6.45, 7) is 4.28. The maximum Gasteiger partial charge on any atom is 0.255 e. The highest BCUT2D eigenvalue weighted by molar-refractivity contribution is 5.85. The summed E-state index contributed by atoms with van der Waals surface area (Å²) in [5.41, 5.74) is 1.84. The van der Waals surface area contributed by atoms with E-state index in [4.69, 9.17) is 0 Å². The van der Waals surface area contributed by atoms with Gasteiger partial charge in [0.05, 0.1) is 11.6 Å². The number of rotatable bonds is 2. The maximum absolute atomic E-state index is 12.8. The number of aliphatic hydroxyl groups excluding tert-OH is 1. The van der Waals surface area contributed by atoms with Crippen LogP contribution in [0.4, 0.5) is 0 Å². The minimum absolute atomic E-state index is 0. The quantitative estimate of drug-likeness (QED) is 0.792. The third-order valence-electron chi connectivity index (χ3n) is 6.07. The Morgan fingerprint density at radius 3 is 2.85 bits per heavy atom. The monoisotopic (exact) mass is 413 g/mol. The lowest BCUT2D eigenvalue weighted by Gasteiger charge is -2.48. The van der Waals surface area contributed by atoms with Crippen LogP contribution in [-0.2, 0) is 13.6 Å². The van der Waals surface area contributed by atoms with E-state index in [0.717, 1.165) is 61.9 Å². The Hall–Kier alpha value is -1.11. The number of pyridine rings is 1. The average Bonchev–Trinajstić information content (AvgIpc) is 2.62. The molecule has 0 saturated carbocycles. The Morgan fingerprint density at radius 1 is 1.30 bits per heavy atom. The zero-order chi connectivity index (χ0) is 17.4. The van der Waals surface area contributed by atoms with Gasteiger partial charge in [-0.05, 0) is 49.9 Å². The summed E-state index contributed by atoms with van der Waals surface area (Å²) in [6, 6.07) is 10.1. The van der Waals surface area contributed by atoms with E-state index in [2.05, 4.69) is 16.3 Å². The molecule has 2 aliphatic heterocycles. The van der Waals surface area contributed by atoms with Crippen molar-refractivity contribution < 1.29 is 5.11 Å². The molecule has 1 spiro atoms. The van der Waals surface area contributed by atoms with Crippen molar-refractivity contribution in [1.82, 2.24) is 14.8 Å². The number of nitrogens with one attached hydrogen (secondary N) is 1. The van der Waals surface area contributed by atoms with E-state index in [-0.39, 0.29) is 41.9 Å². The molecule has 2 atom stereocenters. The third kappa shape index (κ3) is 4.17. The highest BCUT2D eigenvalue weighted by atomic mass is 35.5. The summed E-state index contributed by atoms with van der Waals surface area (Å²) in [4.78, 5) is 15.1. The Kier molecular flexibility index (Phi) is 7.33. The normalized spacial score (nSPS) is 25.8. The fraction of sp³-hybridized carbons (Fsp3) is 0.550. The first kappa shape index (κ1) is 22.2. The summed E-state index contributed by atoms with van der Waals surface area (Å²) in [5.74, 6) is 0. The number of piperidine rings is 2. The van der Waals surface area contributed by atoms with Crippen molar-refractivity contribution in [2.24, 2.45) is 12.5 Å². The second-order valence-electron chi connectivity index (χ2n) is 7.75. The number of halogens is 2. The SMILES string of the molecule is Cl.Cl.Cn1c(=O)c(CN2CCC[C@]3(CNCC[C@@H]3O)C2)cc2ccccc21. The van der Waals surface area contributed by atoms with Gasteiger partial charge in [0, 0.05) is 37.7 Å². The number of likely N-dealkylation sites (tertiary alicyclic amines) is 1. The number of hydrogen-bond donors (Lipinski definition) is 2. The lowest BCUT2D eigenvalue weighted by atomic mass is 9.72. The molecule has 1 aromatic carbocycles. The molecule has 0 amide bonds. The van der Waals surface area contributed by atoms with E-state index in [9.17, 15) is 9.90 Å². The zero-order valence-electron chi connectivity index (χ0n) is 15.7. The van der Waals surface area contributed by atoms with Gasteiger partial charge in [0.15, 0.2) is 0 Å². The summed E-state index contributed by atoms with van der Waals surface area (Å²) in [7, 11) is 1.85. The predicted octanol–water partition coefficient (Wildman–Crippen LogP) is 2.32. The van der Waals surface area contributed by atoms with Gasteiger partial charge in [0.2, 0.25) is 0 Å². The fourth-order valence-corrected chi connectivity index (χ4v) is 4.65. The number of benzene rings is 1. The Bertz CT molecular complexity index is 838. The summed E-state index contributed by atoms with van der Waals surface area (Å²) in [6.07, 6.45) is 2.72. The summed E-state index contributed by atoms with van der Waals surface area (Å²) >= 11 is 0. The van der Waals surface area contributed by atoms with Crippen molar-refractivity contribution in [2.75, 3.05) is 26.2 Å². The molecule has 150 valence electrons. The molecule has 2 fully saturated rings. The van der Waals surface area contributed by atoms with Crippen LogP contribution in [0, 0.1) is 5.41 Å². The van der Waals surface area contributed by atoms with Gasteiger partial charge in [-0.15, -0.1) is 24.8 Å². The molecule has 7 heteroatoms. The topological polar surface area (TPSA) is 57.5 Å². The molecule has 0 bridgehead atoms. The maximum atomic E-state index is 12.8. The molecule has 27 heavy (non-hydrogen) atoms. The number of para-hydroxylation sites is 1. The molecule has 0 radical (unpaired) electrons. The Balaban J connectivity index is 0.00000131. The Labute approximate surface area is 172 Å². The second kappa shape index (κ2) is 8.93. The van der Waals surface area contributed by atoms with Crippen molar-refractivity contribution in [3.63, 3.8) is 0 Å². The highest BCUT2D eigenvalue weighted by Gasteiger charge is 2.43. The minimum atomic E-state index is -0.240. The van der Waals surface area contributed by atoms with E-state index in [1.165, 1.54) is 0 Å². The number of fused-ring (bicyclic) bond motifs is 1. The molecule has 2 aromatic rings. The lowest BCUT2D eigenvalue weighted by molar-refractivity contribution is -0.0515. The van der Waals surface area contributed by atoms with Crippen molar-refractivity contribution in [3.8, 4) is 0 Å². The van der Waals surface area contributed by atoms with Crippen LogP contribution in [0.2, 0.25) is 0 Å². The molecule has 1 aromatic heterocycles. The molecule has 2 saturated heterocycles. The molecule has 2 N–H and O–H groups in total. The standard InChI is InChI=1S/C20H27N3O2.2ClH/c1-22-17-6-3-2-5-15(17)11-16(19(22)25)12-23-10-4-8-20(14-23)13-21-9-7-18(20)24;;/h2-3,5-6,11,18,21,24H,4,7-10,12-14H2,1H3;2*1H/t18-,20-;;/m0../s1. The molecule has 2 aliphatic rings. The number of aryl methyl sites for hydroxylation is 1. The van der Waals surface area contributed by atoms with E-state index in [1.54, 1.807) is 4.57 Å². The van der Waals surface area contributed by atoms with E-state index in [0.29, 0.717) is 6.54 Å². The summed E-state index contributed by atoms with van der Waals surface area (Å²) in [5, 5.41) is 15.1. The zero-order valence-corrected chi connectivity index (χ0v) is 17.3. The van der Waals surface area contributed by atoms with Gasteiger partial charge < -0.3 is 15.0 Å². The van der Waals surface area contributed by atoms with E-state index < -0.39 is 0 Å². The van der Waals surface area contributed by atoms with Crippen LogP contribution in [0.5, 0.6) is 0 Å². The molecular formula is C20H29Cl2N3O2. The first-order valence-corrected chi connectivity index (χ1v) is 9.28. The molecule has 4 rings (SSSR count). The van der Waals surface area contributed by atoms with Gasteiger partial charge in [-0.3, -0.25) is 9.69 Å². The number of nitrogens with zero attached hydrogens (tertiary/aromatic N) is 2. The second-order valence-corrected chi connectivity index (χ2v) is 7.75. The van der Waals surface area contributed by atoms with Crippen LogP contribution < -0.4 is 10.9 Å². The van der Waals surface area contributed by atoms with Crippen LogP contribution in [0.25, 0.3) is 10.9 Å². The van der Waals surface area contributed by atoms with E-state index >= 15 is 0 Å². The number of hydrogen-bond acceptors (Lipinski definition) is 4. The number of aromatic nitrogens is 1. The van der Waals surface area contributed by atoms with Crippen LogP contribution in [0.15, 0.2) is 35.1 Å². The number of aliphatic hydroxyl groups is 1. The van der Waals surface area contributed by atoms with E-state index in [1.807, 2.05) is 31.3 Å². The summed E-state index contributed by atoms with van der Waals surface area (Å²) < 4.78 is 1.75. The van der Waals surface area contributed by atoms with Gasteiger partial charge in [0.25, 0.3) is 5.56 Å². The molecule has 5 nitrogen and oxygen atoms in total. The Morgan fingerprint density at radius 2 is 2.07 bits per heavy atom. The first-order valence-electron chi connectivity index (χ1n) is 9.28. The van der Waals surface area contributed by atoms with Crippen LogP contribution in [-0.4, -0.2) is 46.9 Å². The fourth-order valence-electron chi connectivity index (χ4n) is 4.65. The van der Waals surface area contributed by atoms with Gasteiger partial charge in [0.1, 0.15) is 0 Å². The van der Waals surface area contributed by atoms with Crippen LogP contribution in [0.1, 0.15) is 24.8 Å².